The second kappa shape index (κ2) is 6.21. The van der Waals surface area contributed by atoms with E-state index in [1.54, 1.807) is 13.0 Å². The lowest BCUT2D eigenvalue weighted by Crippen LogP contribution is -2.03. The summed E-state index contributed by atoms with van der Waals surface area (Å²) in [5.74, 6) is -0.525. The third-order valence-corrected chi connectivity index (χ3v) is 2.50. The predicted molar refractivity (Wildman–Crippen MR) is 68.2 cm³/mol. The number of aryl methyl sites for hydroxylation is 1. The van der Waals surface area contributed by atoms with Crippen LogP contribution in [0.15, 0.2) is 24.3 Å². The minimum absolute atomic E-state index is 0.308. The van der Waals surface area contributed by atoms with Gasteiger partial charge in [-0.05, 0) is 30.7 Å². The molecule has 1 rings (SSSR count). The van der Waals surface area contributed by atoms with Gasteiger partial charge in [-0.3, -0.25) is 4.79 Å². The molecule has 0 aliphatic rings. The molecule has 0 unspecified atom stereocenters. The number of benzene rings is 1. The first-order chi connectivity index (χ1) is 8.49. The van der Waals surface area contributed by atoms with Gasteiger partial charge >= 0.3 is 5.97 Å². The van der Waals surface area contributed by atoms with E-state index in [2.05, 4.69) is 4.74 Å². The van der Waals surface area contributed by atoms with Crippen molar-refractivity contribution in [2.45, 2.75) is 6.92 Å². The van der Waals surface area contributed by atoms with Crippen molar-refractivity contribution in [2.24, 2.45) is 0 Å². The first-order valence-electron chi connectivity index (χ1n) is 5.14. The topological polar surface area (TPSA) is 52.6 Å². The lowest BCUT2D eigenvalue weighted by molar-refractivity contribution is -0.134. The maximum Gasteiger partial charge on any atom is 0.330 e. The molecule has 0 aliphatic heterocycles. The molecule has 0 fully saturated rings. The molecule has 0 bridgehead atoms. The normalized spacial score (nSPS) is 10.4. The average molecular weight is 269 g/mol. The third-order valence-electron chi connectivity index (χ3n) is 2.28. The van der Waals surface area contributed by atoms with Crippen LogP contribution >= 0.6 is 11.6 Å². The van der Waals surface area contributed by atoms with Crippen molar-refractivity contribution >= 4 is 23.4 Å². The number of allylic oxidation sites excluding steroid dienone is 1. The lowest BCUT2D eigenvalue weighted by Gasteiger charge is -2.09. The Kier molecular flexibility index (Phi) is 4.92. The first kappa shape index (κ1) is 14.3. The maximum atomic E-state index is 11.9. The van der Waals surface area contributed by atoms with Gasteiger partial charge in [0, 0.05) is 11.1 Å². The van der Waals surface area contributed by atoms with Crippen molar-refractivity contribution in [3.63, 3.8) is 0 Å². The van der Waals surface area contributed by atoms with Gasteiger partial charge in [-0.15, -0.1) is 0 Å². The number of hydrogen-bond acceptors (Lipinski definition) is 4. The largest absolute Gasteiger partial charge is 0.496 e. The summed E-state index contributed by atoms with van der Waals surface area (Å²) in [5, 5.41) is 0.433. The van der Waals surface area contributed by atoms with Gasteiger partial charge in [0.25, 0.3) is 0 Å². The Balaban J connectivity index is 3.12. The number of ketones is 1. The van der Waals surface area contributed by atoms with Crippen molar-refractivity contribution in [3.8, 4) is 5.75 Å². The fraction of sp³-hybridized carbons (Fsp3) is 0.231. The number of hydrogen-bond donors (Lipinski definition) is 0. The second-order valence-corrected chi connectivity index (χ2v) is 3.96. The van der Waals surface area contributed by atoms with Crippen LogP contribution in [0.3, 0.4) is 0 Å². The fourth-order valence-electron chi connectivity index (χ4n) is 1.49. The highest BCUT2D eigenvalue weighted by Gasteiger charge is 2.13. The molecule has 0 aliphatic carbocycles. The van der Waals surface area contributed by atoms with Crippen molar-refractivity contribution in [1.82, 2.24) is 0 Å². The van der Waals surface area contributed by atoms with Crippen LogP contribution in [0, 0.1) is 6.92 Å². The minimum atomic E-state index is -0.596. The molecule has 0 atom stereocenters. The molecule has 0 N–H and O–H groups in total. The Hall–Kier alpha value is -1.81. The SMILES string of the molecule is COC(=O)/C=C/C(=O)c1cc(Cl)cc(C)c1OC. The molecule has 0 saturated carbocycles. The monoisotopic (exact) mass is 268 g/mol. The van der Waals surface area contributed by atoms with Gasteiger partial charge in [0.15, 0.2) is 5.78 Å². The molecule has 0 heterocycles. The van der Waals surface area contributed by atoms with Crippen LogP contribution in [-0.4, -0.2) is 26.0 Å². The Morgan fingerprint density at radius 3 is 2.44 bits per heavy atom. The van der Waals surface area contributed by atoms with Gasteiger partial charge in [0.1, 0.15) is 5.75 Å². The Bertz CT molecular complexity index is 506. The molecular weight excluding hydrogens is 256 g/mol. The summed E-state index contributed by atoms with van der Waals surface area (Å²) in [5.41, 5.74) is 1.06. The molecule has 18 heavy (non-hydrogen) atoms. The molecule has 5 heteroatoms. The van der Waals surface area contributed by atoms with Crippen LogP contribution in [0.1, 0.15) is 15.9 Å². The molecule has 1 aromatic carbocycles. The molecule has 4 nitrogen and oxygen atoms in total. The number of ether oxygens (including phenoxy) is 2. The summed E-state index contributed by atoms with van der Waals surface area (Å²) >= 11 is 5.89. The summed E-state index contributed by atoms with van der Waals surface area (Å²) in [6.45, 7) is 1.78. The van der Waals surface area contributed by atoms with Crippen LogP contribution in [0.5, 0.6) is 5.75 Å². The van der Waals surface area contributed by atoms with Gasteiger partial charge in [-0.1, -0.05) is 11.6 Å². The predicted octanol–water partition coefficient (Wildman–Crippen LogP) is 2.57. The summed E-state index contributed by atoms with van der Waals surface area (Å²) in [7, 11) is 2.71. The van der Waals surface area contributed by atoms with Gasteiger partial charge in [-0.25, -0.2) is 4.79 Å². The van der Waals surface area contributed by atoms with E-state index < -0.39 is 5.97 Å². The third kappa shape index (κ3) is 3.34. The summed E-state index contributed by atoms with van der Waals surface area (Å²) in [6.07, 6.45) is 2.18. The van der Waals surface area contributed by atoms with E-state index in [9.17, 15) is 9.59 Å². The summed E-state index contributed by atoms with van der Waals surface area (Å²) < 4.78 is 9.56. The molecule has 0 saturated heterocycles. The fourth-order valence-corrected chi connectivity index (χ4v) is 1.76. The Morgan fingerprint density at radius 2 is 1.89 bits per heavy atom. The van der Waals surface area contributed by atoms with Crippen LogP contribution in [-0.2, 0) is 9.53 Å². The Labute approximate surface area is 110 Å². The summed E-state index contributed by atoms with van der Waals surface area (Å²) in [4.78, 5) is 22.8. The van der Waals surface area contributed by atoms with E-state index in [0.29, 0.717) is 16.3 Å². The average Bonchev–Trinajstić information content (AvgIpc) is 2.34. The molecule has 0 aromatic heterocycles. The molecule has 0 spiro atoms. The molecule has 1 aromatic rings. The van der Waals surface area contributed by atoms with Crippen molar-refractivity contribution in [2.75, 3.05) is 14.2 Å². The van der Waals surface area contributed by atoms with E-state index in [1.807, 2.05) is 0 Å². The Morgan fingerprint density at radius 1 is 1.22 bits per heavy atom. The number of rotatable bonds is 4. The first-order valence-corrected chi connectivity index (χ1v) is 5.52. The smallest absolute Gasteiger partial charge is 0.330 e. The summed E-state index contributed by atoms with van der Waals surface area (Å²) in [6, 6.07) is 3.19. The van der Waals surface area contributed by atoms with E-state index in [0.717, 1.165) is 17.7 Å². The van der Waals surface area contributed by atoms with E-state index in [4.69, 9.17) is 16.3 Å². The molecule has 96 valence electrons. The van der Waals surface area contributed by atoms with Crippen molar-refractivity contribution in [1.29, 1.82) is 0 Å². The second-order valence-electron chi connectivity index (χ2n) is 3.52. The minimum Gasteiger partial charge on any atom is -0.496 e. The van der Waals surface area contributed by atoms with Gasteiger partial charge in [-0.2, -0.15) is 0 Å². The van der Waals surface area contributed by atoms with Crippen LogP contribution in [0.4, 0.5) is 0 Å². The zero-order valence-corrected chi connectivity index (χ0v) is 11.1. The van der Waals surface area contributed by atoms with Crippen LogP contribution in [0.2, 0.25) is 5.02 Å². The molecule has 0 radical (unpaired) electrons. The van der Waals surface area contributed by atoms with E-state index in [-0.39, 0.29) is 5.78 Å². The zero-order chi connectivity index (χ0) is 13.7. The lowest BCUT2D eigenvalue weighted by atomic mass is 10.1. The van der Waals surface area contributed by atoms with Crippen LogP contribution in [0.25, 0.3) is 0 Å². The van der Waals surface area contributed by atoms with Gasteiger partial charge in [0.2, 0.25) is 0 Å². The number of carbonyl (C=O) groups is 2. The quantitative estimate of drug-likeness (QED) is 0.478. The van der Waals surface area contributed by atoms with E-state index in [1.165, 1.54) is 20.3 Å². The van der Waals surface area contributed by atoms with Gasteiger partial charge < -0.3 is 9.47 Å². The standard InChI is InChI=1S/C13H13ClO4/c1-8-6-9(14)7-10(13(8)18-3)11(15)4-5-12(16)17-2/h4-7H,1-3H3/b5-4+. The van der Waals surface area contributed by atoms with Crippen molar-refractivity contribution < 1.29 is 19.1 Å². The number of carbonyl (C=O) groups excluding carboxylic acids is 2. The highest BCUT2D eigenvalue weighted by Crippen LogP contribution is 2.28. The van der Waals surface area contributed by atoms with Crippen molar-refractivity contribution in [3.05, 3.63) is 40.4 Å². The van der Waals surface area contributed by atoms with E-state index >= 15 is 0 Å². The van der Waals surface area contributed by atoms with Gasteiger partial charge in [0.05, 0.1) is 19.8 Å². The number of halogens is 1. The highest BCUT2D eigenvalue weighted by molar-refractivity contribution is 6.31. The number of esters is 1. The number of methoxy groups -OCH3 is 2. The maximum absolute atomic E-state index is 11.9. The molecule has 0 amide bonds. The molecular formula is C13H13ClO4. The van der Waals surface area contributed by atoms with Crippen LogP contribution < -0.4 is 4.74 Å². The highest BCUT2D eigenvalue weighted by atomic mass is 35.5. The zero-order valence-electron chi connectivity index (χ0n) is 10.3.